The van der Waals surface area contributed by atoms with E-state index in [9.17, 15) is 9.59 Å². The molecule has 20 heavy (non-hydrogen) atoms. The van der Waals surface area contributed by atoms with Crippen molar-refractivity contribution >= 4 is 11.9 Å². The highest BCUT2D eigenvalue weighted by atomic mass is 16.5. The van der Waals surface area contributed by atoms with E-state index in [1.165, 1.54) is 18.0 Å². The quantitative estimate of drug-likeness (QED) is 0.819. The lowest BCUT2D eigenvalue weighted by molar-refractivity contribution is -0.139. The minimum Gasteiger partial charge on any atom is -0.468 e. The Morgan fingerprint density at radius 3 is 2.65 bits per heavy atom. The number of benzene rings is 1. The summed E-state index contributed by atoms with van der Waals surface area (Å²) in [6, 6.07) is 7.63. The fourth-order valence-corrected chi connectivity index (χ4v) is 1.51. The number of aryl methyl sites for hydroxylation is 1. The first-order valence-corrected chi connectivity index (χ1v) is 5.94. The molecule has 1 heterocycles. The van der Waals surface area contributed by atoms with Gasteiger partial charge in [-0.3, -0.25) is 9.59 Å². The van der Waals surface area contributed by atoms with Gasteiger partial charge < -0.3 is 10.1 Å². The summed E-state index contributed by atoms with van der Waals surface area (Å²) in [6.07, 6.45) is 1.50. The molecular formula is C13H14N4O3. The first-order valence-electron chi connectivity index (χ1n) is 5.94. The number of amides is 1. The molecule has 0 atom stereocenters. The molecule has 0 saturated heterocycles. The molecule has 0 spiro atoms. The van der Waals surface area contributed by atoms with Gasteiger partial charge in [-0.15, -0.1) is 5.10 Å². The summed E-state index contributed by atoms with van der Waals surface area (Å²) in [6.45, 7) is 1.78. The summed E-state index contributed by atoms with van der Waals surface area (Å²) in [5, 5.41) is 10.0. The van der Waals surface area contributed by atoms with Gasteiger partial charge in [-0.1, -0.05) is 22.9 Å². The molecule has 1 aromatic heterocycles. The van der Waals surface area contributed by atoms with E-state index in [0.29, 0.717) is 0 Å². The highest BCUT2D eigenvalue weighted by molar-refractivity contribution is 5.93. The van der Waals surface area contributed by atoms with E-state index in [4.69, 9.17) is 0 Å². The predicted octanol–water partition coefficient (Wildman–Crippen LogP) is 0.479. The average molecular weight is 274 g/mol. The maximum Gasteiger partial charge on any atom is 0.325 e. The van der Waals surface area contributed by atoms with Gasteiger partial charge in [-0.2, -0.15) is 0 Å². The fourth-order valence-electron chi connectivity index (χ4n) is 1.51. The second kappa shape index (κ2) is 5.96. The normalized spacial score (nSPS) is 10.1. The third-order valence-corrected chi connectivity index (χ3v) is 2.65. The molecule has 0 aliphatic heterocycles. The molecule has 2 aromatic rings. The summed E-state index contributed by atoms with van der Waals surface area (Å²) in [5.41, 5.74) is 2.06. The molecular weight excluding hydrogens is 260 g/mol. The summed E-state index contributed by atoms with van der Waals surface area (Å²) < 4.78 is 5.92. The van der Waals surface area contributed by atoms with Gasteiger partial charge in [0, 0.05) is 0 Å². The Labute approximate surface area is 115 Å². The van der Waals surface area contributed by atoms with Crippen LogP contribution in [0.25, 0.3) is 5.69 Å². The Morgan fingerprint density at radius 1 is 1.30 bits per heavy atom. The largest absolute Gasteiger partial charge is 0.468 e. The van der Waals surface area contributed by atoms with E-state index in [-0.39, 0.29) is 12.2 Å². The maximum atomic E-state index is 11.7. The van der Waals surface area contributed by atoms with Gasteiger partial charge in [0.15, 0.2) is 5.69 Å². The number of ether oxygens (including phenoxy) is 1. The van der Waals surface area contributed by atoms with Gasteiger partial charge in [0.2, 0.25) is 0 Å². The number of carbonyl (C=O) groups is 2. The third kappa shape index (κ3) is 3.19. The zero-order valence-electron chi connectivity index (χ0n) is 11.2. The van der Waals surface area contributed by atoms with Crippen LogP contribution in [0.1, 0.15) is 16.1 Å². The third-order valence-electron chi connectivity index (χ3n) is 2.65. The summed E-state index contributed by atoms with van der Waals surface area (Å²) in [7, 11) is 1.25. The fraction of sp³-hybridized carbons (Fsp3) is 0.231. The maximum absolute atomic E-state index is 11.7. The number of nitrogens with zero attached hydrogens (tertiary/aromatic N) is 3. The van der Waals surface area contributed by atoms with Crippen molar-refractivity contribution in [1.29, 1.82) is 0 Å². The van der Waals surface area contributed by atoms with Crippen LogP contribution in [0.5, 0.6) is 0 Å². The molecule has 0 radical (unpaired) electrons. The number of esters is 1. The summed E-state index contributed by atoms with van der Waals surface area (Å²) in [4.78, 5) is 22.7. The van der Waals surface area contributed by atoms with Crippen LogP contribution in [0, 0.1) is 6.92 Å². The van der Waals surface area contributed by atoms with Crippen LogP contribution in [-0.2, 0) is 9.53 Å². The first kappa shape index (κ1) is 13.7. The number of rotatable bonds is 4. The highest BCUT2D eigenvalue weighted by Gasteiger charge is 2.12. The zero-order valence-corrected chi connectivity index (χ0v) is 11.2. The van der Waals surface area contributed by atoms with Crippen molar-refractivity contribution in [2.24, 2.45) is 0 Å². The van der Waals surface area contributed by atoms with E-state index in [2.05, 4.69) is 20.4 Å². The van der Waals surface area contributed by atoms with Crippen molar-refractivity contribution in [2.75, 3.05) is 13.7 Å². The van der Waals surface area contributed by atoms with E-state index in [0.717, 1.165) is 11.3 Å². The molecule has 104 valence electrons. The second-order valence-corrected chi connectivity index (χ2v) is 4.14. The van der Waals surface area contributed by atoms with Crippen LogP contribution < -0.4 is 5.32 Å². The molecule has 0 aliphatic rings. The van der Waals surface area contributed by atoms with Crippen LogP contribution in [0.15, 0.2) is 30.5 Å². The van der Waals surface area contributed by atoms with E-state index in [1.54, 1.807) is 0 Å². The molecule has 0 saturated carbocycles. The minimum atomic E-state index is -0.524. The van der Waals surface area contributed by atoms with Crippen molar-refractivity contribution in [2.45, 2.75) is 6.92 Å². The standard InChI is InChI=1S/C13H14N4O3/c1-9-3-5-10(6-4-9)17-8-11(15-16-17)13(19)14-7-12(18)20-2/h3-6,8H,7H2,1-2H3,(H,14,19). The lowest BCUT2D eigenvalue weighted by Crippen LogP contribution is -2.30. The van der Waals surface area contributed by atoms with Crippen molar-refractivity contribution in [3.8, 4) is 5.69 Å². The molecule has 1 aromatic carbocycles. The molecule has 7 heteroatoms. The van der Waals surface area contributed by atoms with E-state index < -0.39 is 11.9 Å². The van der Waals surface area contributed by atoms with E-state index >= 15 is 0 Å². The van der Waals surface area contributed by atoms with Crippen molar-refractivity contribution in [3.63, 3.8) is 0 Å². The Hall–Kier alpha value is -2.70. The topological polar surface area (TPSA) is 86.1 Å². The minimum absolute atomic E-state index is 0.134. The van der Waals surface area contributed by atoms with Crippen molar-refractivity contribution in [1.82, 2.24) is 20.3 Å². The van der Waals surface area contributed by atoms with Gasteiger partial charge in [0.25, 0.3) is 5.91 Å². The molecule has 0 bridgehead atoms. The first-order chi connectivity index (χ1) is 9.60. The number of carbonyl (C=O) groups excluding carboxylic acids is 2. The smallest absolute Gasteiger partial charge is 0.325 e. The van der Waals surface area contributed by atoms with Crippen molar-refractivity contribution < 1.29 is 14.3 Å². The molecule has 7 nitrogen and oxygen atoms in total. The van der Waals surface area contributed by atoms with Gasteiger partial charge in [0.05, 0.1) is 19.0 Å². The number of hydrogen-bond acceptors (Lipinski definition) is 5. The van der Waals surface area contributed by atoms with Crippen LogP contribution in [-0.4, -0.2) is 40.5 Å². The number of nitrogens with one attached hydrogen (secondary N) is 1. The predicted molar refractivity (Wildman–Crippen MR) is 70.4 cm³/mol. The Bertz CT molecular complexity index is 619. The van der Waals surface area contributed by atoms with Gasteiger partial charge in [-0.25, -0.2) is 4.68 Å². The van der Waals surface area contributed by atoms with E-state index in [1.807, 2.05) is 31.2 Å². The highest BCUT2D eigenvalue weighted by Crippen LogP contribution is 2.08. The SMILES string of the molecule is COC(=O)CNC(=O)c1cn(-c2ccc(C)cc2)nn1. The van der Waals surface area contributed by atoms with Crippen LogP contribution in [0.4, 0.5) is 0 Å². The van der Waals surface area contributed by atoms with Gasteiger partial charge in [0.1, 0.15) is 6.54 Å². The summed E-state index contributed by atoms with van der Waals surface area (Å²) >= 11 is 0. The number of methoxy groups -OCH3 is 1. The molecule has 1 amide bonds. The van der Waals surface area contributed by atoms with Crippen LogP contribution in [0.2, 0.25) is 0 Å². The second-order valence-electron chi connectivity index (χ2n) is 4.14. The zero-order chi connectivity index (χ0) is 14.5. The Morgan fingerprint density at radius 2 is 2.00 bits per heavy atom. The molecule has 0 unspecified atom stereocenters. The molecule has 0 aliphatic carbocycles. The van der Waals surface area contributed by atoms with Gasteiger partial charge in [-0.05, 0) is 19.1 Å². The Kier molecular flexibility index (Phi) is 4.09. The molecule has 2 rings (SSSR count). The van der Waals surface area contributed by atoms with Crippen LogP contribution in [0.3, 0.4) is 0 Å². The lowest BCUT2D eigenvalue weighted by Gasteiger charge is -2.01. The number of aromatic nitrogens is 3. The molecule has 1 N–H and O–H groups in total. The Balaban J connectivity index is 2.06. The molecule has 0 fully saturated rings. The number of hydrogen-bond donors (Lipinski definition) is 1. The van der Waals surface area contributed by atoms with Gasteiger partial charge >= 0.3 is 5.97 Å². The average Bonchev–Trinajstić information content (AvgIpc) is 2.95. The van der Waals surface area contributed by atoms with Crippen LogP contribution >= 0.6 is 0 Å². The van der Waals surface area contributed by atoms with Crippen molar-refractivity contribution in [3.05, 3.63) is 41.7 Å². The summed E-state index contributed by atoms with van der Waals surface area (Å²) in [5.74, 6) is -1.00. The lowest BCUT2D eigenvalue weighted by atomic mass is 10.2. The monoisotopic (exact) mass is 274 g/mol.